The molecule has 0 aliphatic carbocycles. The van der Waals surface area contributed by atoms with Crippen LogP contribution < -0.4 is 16.0 Å². The molecule has 0 radical (unpaired) electrons. The molecule has 0 aliphatic heterocycles. The number of carboxylic acid groups (broad SMARTS) is 1. The van der Waals surface area contributed by atoms with Crippen LogP contribution in [0.4, 0.5) is 11.4 Å². The van der Waals surface area contributed by atoms with E-state index >= 15 is 0 Å². The zero-order valence-corrected chi connectivity index (χ0v) is 25.2. The normalized spacial score (nSPS) is 11.6. The summed E-state index contributed by atoms with van der Waals surface area (Å²) in [6.07, 6.45) is 1.60. The van der Waals surface area contributed by atoms with Gasteiger partial charge in [-0.25, -0.2) is 4.79 Å². The van der Waals surface area contributed by atoms with Gasteiger partial charge in [-0.05, 0) is 71.8 Å². The smallest absolute Gasteiger partial charge is 0.335 e. The Bertz CT molecular complexity index is 1860. The van der Waals surface area contributed by atoms with Crippen molar-refractivity contribution in [2.75, 3.05) is 10.6 Å². The predicted octanol–water partition coefficient (Wildman–Crippen LogP) is 7.27. The fourth-order valence-corrected chi connectivity index (χ4v) is 5.53. The summed E-state index contributed by atoms with van der Waals surface area (Å²) in [6.45, 7) is 0. The first kappa shape index (κ1) is 31.5. The van der Waals surface area contributed by atoms with Crippen molar-refractivity contribution in [2.45, 2.75) is 10.1 Å². The third-order valence-corrected chi connectivity index (χ3v) is 7.97. The number of nitrogens with one attached hydrogen (secondary N) is 3. The number of aromatic carboxylic acids is 1. The van der Waals surface area contributed by atoms with Gasteiger partial charge in [-0.1, -0.05) is 84.9 Å². The number of carbonyl (C=O) groups excluding carboxylic acids is 3. The second-order valence-electron chi connectivity index (χ2n) is 10.1. The molecule has 0 heterocycles. The molecule has 5 aromatic carbocycles. The molecule has 1 unspecified atom stereocenters. The molecular weight excluding hydrogens is 598 g/mol. The highest BCUT2D eigenvalue weighted by Crippen LogP contribution is 2.37. The van der Waals surface area contributed by atoms with Crippen LogP contribution in [0.1, 0.15) is 37.1 Å². The Morgan fingerprint density at radius 1 is 0.630 bits per heavy atom. The highest BCUT2D eigenvalue weighted by Gasteiger charge is 2.23. The summed E-state index contributed by atoms with van der Waals surface area (Å²) in [5, 5.41) is 17.0. The van der Waals surface area contributed by atoms with Crippen LogP contribution in [0.3, 0.4) is 0 Å². The van der Waals surface area contributed by atoms with Crippen LogP contribution in [-0.4, -0.2) is 28.8 Å². The van der Waals surface area contributed by atoms with Gasteiger partial charge < -0.3 is 21.1 Å². The van der Waals surface area contributed by atoms with Crippen molar-refractivity contribution in [1.82, 2.24) is 5.32 Å². The van der Waals surface area contributed by atoms with Gasteiger partial charge in [0.15, 0.2) is 0 Å². The molecular formula is C37H29N3O5S. The number of hydrogen-bond acceptors (Lipinski definition) is 5. The van der Waals surface area contributed by atoms with Gasteiger partial charge in [-0.15, -0.1) is 11.8 Å². The predicted molar refractivity (Wildman–Crippen MR) is 180 cm³/mol. The van der Waals surface area contributed by atoms with Crippen LogP contribution in [0.15, 0.2) is 150 Å². The van der Waals surface area contributed by atoms with Crippen molar-refractivity contribution >= 4 is 52.9 Å². The fourth-order valence-electron chi connectivity index (χ4n) is 4.44. The molecule has 46 heavy (non-hydrogen) atoms. The van der Waals surface area contributed by atoms with Gasteiger partial charge in [0.05, 0.1) is 5.56 Å². The largest absolute Gasteiger partial charge is 0.478 e. The van der Waals surface area contributed by atoms with E-state index in [2.05, 4.69) is 16.0 Å². The van der Waals surface area contributed by atoms with Gasteiger partial charge in [0.2, 0.25) is 5.91 Å². The monoisotopic (exact) mass is 627 g/mol. The first-order valence-electron chi connectivity index (χ1n) is 14.3. The summed E-state index contributed by atoms with van der Waals surface area (Å²) in [5.41, 5.74) is 3.03. The lowest BCUT2D eigenvalue weighted by Gasteiger charge is -2.18. The lowest BCUT2D eigenvalue weighted by molar-refractivity contribution is -0.116. The van der Waals surface area contributed by atoms with Crippen LogP contribution in [0.5, 0.6) is 0 Å². The summed E-state index contributed by atoms with van der Waals surface area (Å²) < 4.78 is 0. The Hall–Kier alpha value is -5.93. The molecule has 0 bridgehead atoms. The van der Waals surface area contributed by atoms with Crippen LogP contribution in [-0.2, 0) is 9.59 Å². The first-order chi connectivity index (χ1) is 22.4. The summed E-state index contributed by atoms with van der Waals surface area (Å²) in [5.74, 6) is -2.29. The summed E-state index contributed by atoms with van der Waals surface area (Å²) >= 11 is 1.30. The van der Waals surface area contributed by atoms with Gasteiger partial charge in [0, 0.05) is 21.8 Å². The lowest BCUT2D eigenvalue weighted by atomic mass is 10.1. The second kappa shape index (κ2) is 15.2. The number of hydrogen-bond donors (Lipinski definition) is 4. The molecule has 0 saturated carbocycles. The zero-order chi connectivity index (χ0) is 32.3. The number of amides is 3. The molecule has 0 aliphatic rings. The van der Waals surface area contributed by atoms with Gasteiger partial charge >= 0.3 is 5.97 Å². The maximum atomic E-state index is 13.5. The average molecular weight is 628 g/mol. The van der Waals surface area contributed by atoms with E-state index in [1.807, 2.05) is 66.7 Å². The number of carboxylic acids is 1. The summed E-state index contributed by atoms with van der Waals surface area (Å²) in [6, 6.07) is 40.1. The highest BCUT2D eigenvalue weighted by molar-refractivity contribution is 8.00. The molecule has 9 heteroatoms. The lowest BCUT2D eigenvalue weighted by Crippen LogP contribution is -2.30. The van der Waals surface area contributed by atoms with E-state index in [9.17, 15) is 24.3 Å². The van der Waals surface area contributed by atoms with E-state index in [-0.39, 0.29) is 17.2 Å². The van der Waals surface area contributed by atoms with Crippen molar-refractivity contribution in [3.8, 4) is 0 Å². The summed E-state index contributed by atoms with van der Waals surface area (Å²) in [7, 11) is 0. The van der Waals surface area contributed by atoms with E-state index in [1.54, 1.807) is 66.7 Å². The van der Waals surface area contributed by atoms with Crippen molar-refractivity contribution in [2.24, 2.45) is 0 Å². The molecule has 0 aromatic heterocycles. The minimum absolute atomic E-state index is 0.0635. The highest BCUT2D eigenvalue weighted by atomic mass is 32.2. The Morgan fingerprint density at radius 3 is 1.91 bits per heavy atom. The van der Waals surface area contributed by atoms with Crippen molar-refractivity contribution in [3.05, 3.63) is 167 Å². The van der Waals surface area contributed by atoms with Crippen molar-refractivity contribution in [1.29, 1.82) is 0 Å². The van der Waals surface area contributed by atoms with E-state index in [0.717, 1.165) is 11.1 Å². The van der Waals surface area contributed by atoms with Gasteiger partial charge in [0.25, 0.3) is 11.8 Å². The third-order valence-electron chi connectivity index (χ3n) is 6.73. The average Bonchev–Trinajstić information content (AvgIpc) is 3.08. The molecule has 228 valence electrons. The minimum atomic E-state index is -1.05. The number of rotatable bonds is 11. The third kappa shape index (κ3) is 8.58. The minimum Gasteiger partial charge on any atom is -0.478 e. The fraction of sp³-hybridized carbons (Fsp3) is 0.0270. The first-order valence-corrected chi connectivity index (χ1v) is 15.1. The molecule has 8 nitrogen and oxygen atoms in total. The number of benzene rings is 5. The van der Waals surface area contributed by atoms with Gasteiger partial charge in [0.1, 0.15) is 10.9 Å². The Kier molecular flexibility index (Phi) is 10.4. The van der Waals surface area contributed by atoms with E-state index in [4.69, 9.17) is 0 Å². The molecule has 0 fully saturated rings. The van der Waals surface area contributed by atoms with Crippen molar-refractivity contribution in [3.63, 3.8) is 0 Å². The van der Waals surface area contributed by atoms with E-state index in [0.29, 0.717) is 21.8 Å². The SMILES string of the molecule is O=C(Nc1cccc(SC(C(=O)Nc2ccc(C(=O)O)cc2)c2ccccc2)c1)/C(=C/c1ccccc1)NC(=O)c1ccccc1. The topological polar surface area (TPSA) is 125 Å². The second-order valence-corrected chi connectivity index (χ2v) is 11.2. The Labute approximate surface area is 270 Å². The maximum Gasteiger partial charge on any atom is 0.335 e. The number of anilines is 2. The van der Waals surface area contributed by atoms with Crippen LogP contribution in [0.25, 0.3) is 6.08 Å². The Balaban J connectivity index is 1.35. The van der Waals surface area contributed by atoms with Gasteiger partial charge in [-0.2, -0.15) is 0 Å². The van der Waals surface area contributed by atoms with Crippen LogP contribution >= 0.6 is 11.8 Å². The molecule has 4 N–H and O–H groups in total. The molecule has 0 spiro atoms. The molecule has 3 amide bonds. The number of carbonyl (C=O) groups is 4. The molecule has 0 saturated heterocycles. The quantitative estimate of drug-likeness (QED) is 0.0902. The van der Waals surface area contributed by atoms with Gasteiger partial charge in [-0.3, -0.25) is 14.4 Å². The molecule has 5 aromatic rings. The van der Waals surface area contributed by atoms with E-state index < -0.39 is 23.0 Å². The number of thioether (sulfide) groups is 1. The van der Waals surface area contributed by atoms with Crippen LogP contribution in [0.2, 0.25) is 0 Å². The summed E-state index contributed by atoms with van der Waals surface area (Å²) in [4.78, 5) is 51.9. The zero-order valence-electron chi connectivity index (χ0n) is 24.4. The van der Waals surface area contributed by atoms with E-state index in [1.165, 1.54) is 23.9 Å². The molecule has 5 rings (SSSR count). The maximum absolute atomic E-state index is 13.5. The standard InChI is InChI=1S/C37H29N3O5S/c41-34(27-15-8-3-9-16-27)40-32(23-25-11-4-1-5-12-25)35(42)39-30-17-10-18-31(24-30)46-33(26-13-6-2-7-14-26)36(43)38-29-21-19-28(20-22-29)37(44)45/h1-24,33H,(H,38,43)(H,39,42)(H,40,41)(H,44,45)/b32-23-. The van der Waals surface area contributed by atoms with Crippen LogP contribution in [0, 0.1) is 0 Å². The van der Waals surface area contributed by atoms with Crippen molar-refractivity contribution < 1.29 is 24.3 Å². The Morgan fingerprint density at radius 2 is 1.26 bits per heavy atom. The molecule has 1 atom stereocenters.